The fourth-order valence-corrected chi connectivity index (χ4v) is 4.36. The van der Waals surface area contributed by atoms with Crippen LogP contribution < -0.4 is 19.1 Å². The predicted octanol–water partition coefficient (Wildman–Crippen LogP) is 2.97. The number of piperazine rings is 1. The van der Waals surface area contributed by atoms with Gasteiger partial charge in [0.2, 0.25) is 12.6 Å². The largest absolute Gasteiger partial charge is 0.469 e. The van der Waals surface area contributed by atoms with Crippen LogP contribution in [0.3, 0.4) is 0 Å². The standard InChI is InChI=1S/C26H25N5O8/c1-36-23(33)13-20(32)18-3-5-19(6-4-18)39-26-24(31(34)35)25(27-15-28-26)30-10-8-29(9-11-30)14-17-2-7-21-22(12-17)38-16-37-21/h2-7,12,15H,8-11,13-14,16H2,1H3. The Bertz CT molecular complexity index is 1390. The molecule has 13 heteroatoms. The lowest BCUT2D eigenvalue weighted by Gasteiger charge is -2.35. The van der Waals surface area contributed by atoms with Gasteiger partial charge in [0.25, 0.3) is 0 Å². The van der Waals surface area contributed by atoms with Gasteiger partial charge in [-0.2, -0.15) is 4.98 Å². The van der Waals surface area contributed by atoms with E-state index in [1.807, 2.05) is 23.1 Å². The maximum atomic E-state index is 12.1. The first kappa shape index (κ1) is 25.9. The quantitative estimate of drug-likeness (QED) is 0.130. The number of rotatable bonds is 9. The SMILES string of the molecule is COC(=O)CC(=O)c1ccc(Oc2ncnc(N3CCN(Cc4ccc5c(c4)OCO5)CC3)c2[N+](=O)[O-])cc1. The lowest BCUT2D eigenvalue weighted by Crippen LogP contribution is -2.46. The third kappa shape index (κ3) is 5.88. The van der Waals surface area contributed by atoms with Crippen molar-refractivity contribution in [2.24, 2.45) is 0 Å². The smallest absolute Gasteiger partial charge is 0.373 e. The number of Topliss-reactive ketones (excluding diaryl/α,β-unsaturated/α-hetero) is 1. The van der Waals surface area contributed by atoms with Crippen LogP contribution in [0.15, 0.2) is 48.8 Å². The van der Waals surface area contributed by atoms with E-state index in [1.165, 1.54) is 37.7 Å². The molecule has 0 bridgehead atoms. The van der Waals surface area contributed by atoms with Crippen LogP contribution in [0.5, 0.6) is 23.1 Å². The fourth-order valence-electron chi connectivity index (χ4n) is 4.36. The Morgan fingerprint density at radius 2 is 1.77 bits per heavy atom. The molecule has 0 radical (unpaired) electrons. The van der Waals surface area contributed by atoms with E-state index >= 15 is 0 Å². The van der Waals surface area contributed by atoms with Crippen molar-refractivity contribution in [1.82, 2.24) is 14.9 Å². The molecule has 1 saturated heterocycles. The number of ketones is 1. The van der Waals surface area contributed by atoms with Gasteiger partial charge in [-0.1, -0.05) is 6.07 Å². The molecule has 3 heterocycles. The average Bonchev–Trinajstić information content (AvgIpc) is 3.41. The number of methoxy groups -OCH3 is 1. The van der Waals surface area contributed by atoms with Gasteiger partial charge in [-0.15, -0.1) is 0 Å². The van der Waals surface area contributed by atoms with Gasteiger partial charge in [0.15, 0.2) is 17.3 Å². The summed E-state index contributed by atoms with van der Waals surface area (Å²) in [6.07, 6.45) is 0.840. The van der Waals surface area contributed by atoms with Gasteiger partial charge < -0.3 is 23.8 Å². The average molecular weight is 536 g/mol. The molecule has 0 atom stereocenters. The summed E-state index contributed by atoms with van der Waals surface area (Å²) in [6, 6.07) is 11.8. The minimum atomic E-state index is -0.641. The van der Waals surface area contributed by atoms with E-state index in [9.17, 15) is 19.7 Å². The second-order valence-corrected chi connectivity index (χ2v) is 8.86. The van der Waals surface area contributed by atoms with E-state index in [1.54, 1.807) is 0 Å². The highest BCUT2D eigenvalue weighted by molar-refractivity contribution is 6.05. The molecule has 1 aromatic heterocycles. The third-order valence-corrected chi connectivity index (χ3v) is 6.39. The number of anilines is 1. The molecule has 202 valence electrons. The summed E-state index contributed by atoms with van der Waals surface area (Å²) in [5, 5.41) is 12.0. The second-order valence-electron chi connectivity index (χ2n) is 8.86. The number of hydrogen-bond acceptors (Lipinski definition) is 12. The van der Waals surface area contributed by atoms with Crippen LogP contribution in [0.25, 0.3) is 0 Å². The van der Waals surface area contributed by atoms with Crippen molar-refractivity contribution >= 4 is 23.3 Å². The minimum Gasteiger partial charge on any atom is -0.469 e. The third-order valence-electron chi connectivity index (χ3n) is 6.39. The Morgan fingerprint density at radius 1 is 1.03 bits per heavy atom. The Labute approximate surface area is 223 Å². The van der Waals surface area contributed by atoms with E-state index in [2.05, 4.69) is 19.6 Å². The van der Waals surface area contributed by atoms with Crippen LogP contribution >= 0.6 is 0 Å². The van der Waals surface area contributed by atoms with Crippen molar-refractivity contribution in [3.8, 4) is 23.1 Å². The monoisotopic (exact) mass is 535 g/mol. The first-order valence-electron chi connectivity index (χ1n) is 12.1. The zero-order valence-corrected chi connectivity index (χ0v) is 21.1. The van der Waals surface area contributed by atoms with Crippen molar-refractivity contribution in [2.45, 2.75) is 13.0 Å². The minimum absolute atomic E-state index is 0.178. The highest BCUT2D eigenvalue weighted by atomic mass is 16.7. The number of benzene rings is 2. The van der Waals surface area contributed by atoms with E-state index in [0.717, 1.165) is 17.1 Å². The van der Waals surface area contributed by atoms with Crippen LogP contribution in [-0.4, -0.2) is 71.6 Å². The van der Waals surface area contributed by atoms with Gasteiger partial charge in [-0.3, -0.25) is 24.6 Å². The molecule has 0 N–H and O–H groups in total. The van der Waals surface area contributed by atoms with Gasteiger partial charge in [0.1, 0.15) is 18.5 Å². The number of carbonyl (C=O) groups is 2. The van der Waals surface area contributed by atoms with Gasteiger partial charge in [-0.25, -0.2) is 4.98 Å². The number of fused-ring (bicyclic) bond motifs is 1. The molecule has 0 unspecified atom stereocenters. The van der Waals surface area contributed by atoms with Gasteiger partial charge in [0, 0.05) is 38.3 Å². The number of nitrogens with zero attached hydrogens (tertiary/aromatic N) is 5. The highest BCUT2D eigenvalue weighted by Crippen LogP contribution is 2.37. The number of ether oxygens (including phenoxy) is 4. The molecule has 39 heavy (non-hydrogen) atoms. The summed E-state index contributed by atoms with van der Waals surface area (Å²) in [7, 11) is 1.20. The zero-order valence-electron chi connectivity index (χ0n) is 21.1. The first-order chi connectivity index (χ1) is 18.9. The van der Waals surface area contributed by atoms with Crippen molar-refractivity contribution in [1.29, 1.82) is 0 Å². The molecule has 3 aromatic rings. The molecule has 0 spiro atoms. The zero-order chi connectivity index (χ0) is 27.4. The van der Waals surface area contributed by atoms with Crippen LogP contribution in [0.2, 0.25) is 0 Å². The molecule has 0 saturated carbocycles. The van der Waals surface area contributed by atoms with Crippen molar-refractivity contribution in [3.05, 3.63) is 70.0 Å². The normalized spacial score (nSPS) is 14.6. The van der Waals surface area contributed by atoms with E-state index in [-0.39, 0.29) is 41.9 Å². The van der Waals surface area contributed by atoms with Crippen molar-refractivity contribution < 1.29 is 33.5 Å². The molecule has 2 aliphatic heterocycles. The summed E-state index contributed by atoms with van der Waals surface area (Å²) in [6.45, 7) is 3.34. The Balaban J connectivity index is 1.25. The fraction of sp³-hybridized carbons (Fsp3) is 0.308. The van der Waals surface area contributed by atoms with Crippen LogP contribution in [-0.2, 0) is 16.1 Å². The van der Waals surface area contributed by atoms with Crippen molar-refractivity contribution in [3.63, 3.8) is 0 Å². The molecule has 2 aromatic carbocycles. The maximum Gasteiger partial charge on any atom is 0.373 e. The van der Waals surface area contributed by atoms with Crippen LogP contribution in [0, 0.1) is 10.1 Å². The molecular formula is C26H25N5O8. The molecule has 5 rings (SSSR count). The van der Waals surface area contributed by atoms with Gasteiger partial charge >= 0.3 is 17.5 Å². The summed E-state index contributed by atoms with van der Waals surface area (Å²) in [5.41, 5.74) is 1.03. The maximum absolute atomic E-state index is 12.1. The summed E-state index contributed by atoms with van der Waals surface area (Å²) >= 11 is 0. The van der Waals surface area contributed by atoms with Crippen LogP contribution in [0.1, 0.15) is 22.3 Å². The number of esters is 1. The first-order valence-corrected chi connectivity index (χ1v) is 12.1. The van der Waals surface area contributed by atoms with Gasteiger partial charge in [0.05, 0.1) is 12.0 Å². The molecule has 0 aliphatic carbocycles. The lowest BCUT2D eigenvalue weighted by molar-refractivity contribution is -0.385. The Morgan fingerprint density at radius 3 is 2.49 bits per heavy atom. The highest BCUT2D eigenvalue weighted by Gasteiger charge is 2.31. The molecule has 1 fully saturated rings. The number of carbonyl (C=O) groups excluding carboxylic acids is 2. The summed E-state index contributed by atoms with van der Waals surface area (Å²) in [4.78, 5) is 47.3. The molecular weight excluding hydrogens is 510 g/mol. The number of hydrogen-bond donors (Lipinski definition) is 0. The molecule has 13 nitrogen and oxygen atoms in total. The topological polar surface area (TPSA) is 146 Å². The van der Waals surface area contributed by atoms with E-state index in [4.69, 9.17) is 14.2 Å². The van der Waals surface area contributed by atoms with E-state index in [0.29, 0.717) is 32.7 Å². The van der Waals surface area contributed by atoms with E-state index < -0.39 is 16.7 Å². The Kier molecular flexibility index (Phi) is 7.50. The second kappa shape index (κ2) is 11.3. The number of aromatic nitrogens is 2. The summed E-state index contributed by atoms with van der Waals surface area (Å²) < 4.78 is 21.1. The van der Waals surface area contributed by atoms with Crippen LogP contribution in [0.4, 0.5) is 11.5 Å². The lowest BCUT2D eigenvalue weighted by atomic mass is 10.1. The number of nitro groups is 1. The Hall–Kier alpha value is -4.78. The molecule has 0 amide bonds. The summed E-state index contributed by atoms with van der Waals surface area (Å²) in [5.74, 6) is 0.628. The predicted molar refractivity (Wildman–Crippen MR) is 136 cm³/mol. The van der Waals surface area contributed by atoms with Gasteiger partial charge in [-0.05, 0) is 42.0 Å². The molecule has 2 aliphatic rings. The van der Waals surface area contributed by atoms with Crippen molar-refractivity contribution in [2.75, 3.05) is 45.0 Å².